The number of hydrogen-bond acceptors (Lipinski definition) is 11. The number of nitrogens with one attached hydrogen (secondary N) is 3. The number of rotatable bonds is 13. The maximum atomic E-state index is 12.2. The van der Waals surface area contributed by atoms with Crippen molar-refractivity contribution < 1.29 is 13.2 Å². The largest absolute Gasteiger partial charge is 0.494 e. The first-order valence-corrected chi connectivity index (χ1v) is 15.6. The van der Waals surface area contributed by atoms with Crippen molar-refractivity contribution in [2.24, 2.45) is 0 Å². The number of hydrogen-bond donors (Lipinski definition) is 3. The molecule has 0 aliphatic carbocycles. The van der Waals surface area contributed by atoms with Gasteiger partial charge in [-0.25, -0.2) is 13.4 Å². The number of ether oxygens (including phenoxy) is 1. The van der Waals surface area contributed by atoms with E-state index in [9.17, 15) is 8.42 Å². The van der Waals surface area contributed by atoms with Crippen LogP contribution in [0.25, 0.3) is 11.0 Å². The predicted molar refractivity (Wildman–Crippen MR) is 170 cm³/mol. The minimum absolute atomic E-state index is 0.229. The molecule has 0 saturated carbocycles. The molecule has 2 aromatic heterocycles. The molecule has 42 heavy (non-hydrogen) atoms. The summed E-state index contributed by atoms with van der Waals surface area (Å²) in [6.07, 6.45) is 7.41. The fraction of sp³-hybridized carbons (Fsp3) is 0.357. The van der Waals surface area contributed by atoms with Crippen LogP contribution in [0.5, 0.6) is 5.75 Å². The monoisotopic (exact) mass is 613 g/mol. The third kappa shape index (κ3) is 7.66. The summed E-state index contributed by atoms with van der Waals surface area (Å²) < 4.78 is 32.6. The third-order valence-electron chi connectivity index (χ3n) is 6.46. The average molecular weight is 614 g/mol. The predicted octanol–water partition coefficient (Wildman–Crippen LogP) is 4.89. The van der Waals surface area contributed by atoms with Crippen LogP contribution in [-0.4, -0.2) is 80.9 Å². The molecule has 0 amide bonds. The van der Waals surface area contributed by atoms with Crippen molar-refractivity contribution in [3.8, 4) is 5.75 Å². The molecule has 0 bridgehead atoms. The van der Waals surface area contributed by atoms with Gasteiger partial charge in [0.2, 0.25) is 16.0 Å². The van der Waals surface area contributed by atoms with E-state index in [-0.39, 0.29) is 22.5 Å². The van der Waals surface area contributed by atoms with Crippen LogP contribution in [0.15, 0.2) is 42.9 Å². The van der Waals surface area contributed by atoms with E-state index >= 15 is 0 Å². The van der Waals surface area contributed by atoms with Crippen molar-refractivity contribution in [1.29, 1.82) is 0 Å². The van der Waals surface area contributed by atoms with E-state index in [1.54, 1.807) is 19.2 Å². The lowest BCUT2D eigenvalue weighted by molar-refractivity contribution is 0.401. The van der Waals surface area contributed by atoms with Gasteiger partial charge in [-0.2, -0.15) is 4.98 Å². The number of methoxy groups -OCH3 is 1. The van der Waals surface area contributed by atoms with Crippen molar-refractivity contribution in [3.05, 3.63) is 53.4 Å². The summed E-state index contributed by atoms with van der Waals surface area (Å²) in [5, 5.41) is 6.62. The SMILES string of the molecule is CCc1cc(Nc2ncc(Cl)c(Nc3ccc4nccnc4c3NS(C)(=O)=O)n2)c(OC)cc1N(C)CCCN(C)C. The number of aryl methyl sites for hydroxylation is 1. The number of benzene rings is 2. The summed E-state index contributed by atoms with van der Waals surface area (Å²) in [4.78, 5) is 21.9. The molecule has 0 aliphatic rings. The van der Waals surface area contributed by atoms with Gasteiger partial charge in [0.25, 0.3) is 0 Å². The van der Waals surface area contributed by atoms with Crippen LogP contribution in [0.4, 0.5) is 34.5 Å². The van der Waals surface area contributed by atoms with Crippen LogP contribution in [-0.2, 0) is 16.4 Å². The molecule has 12 nitrogen and oxygen atoms in total. The molecule has 0 aliphatic heterocycles. The first-order chi connectivity index (χ1) is 20.0. The fourth-order valence-corrected chi connectivity index (χ4v) is 5.17. The topological polar surface area (TPSA) is 138 Å². The highest BCUT2D eigenvalue weighted by molar-refractivity contribution is 7.92. The van der Waals surface area contributed by atoms with Crippen molar-refractivity contribution in [2.45, 2.75) is 19.8 Å². The molecule has 2 aromatic carbocycles. The van der Waals surface area contributed by atoms with Crippen LogP contribution in [0.1, 0.15) is 18.9 Å². The Morgan fingerprint density at radius 3 is 2.45 bits per heavy atom. The van der Waals surface area contributed by atoms with Crippen LogP contribution in [0.3, 0.4) is 0 Å². The highest BCUT2D eigenvalue weighted by Crippen LogP contribution is 2.37. The van der Waals surface area contributed by atoms with E-state index in [4.69, 9.17) is 16.3 Å². The summed E-state index contributed by atoms with van der Waals surface area (Å²) in [6.45, 7) is 4.03. The van der Waals surface area contributed by atoms with E-state index in [1.807, 2.05) is 12.1 Å². The molecular weight excluding hydrogens is 578 g/mol. The maximum absolute atomic E-state index is 12.2. The summed E-state index contributed by atoms with van der Waals surface area (Å²) in [5.41, 5.74) is 4.47. The molecule has 3 N–H and O–H groups in total. The first-order valence-electron chi connectivity index (χ1n) is 13.3. The average Bonchev–Trinajstić information content (AvgIpc) is 2.94. The van der Waals surface area contributed by atoms with E-state index in [0.29, 0.717) is 28.2 Å². The number of halogens is 1. The van der Waals surface area contributed by atoms with E-state index in [0.717, 1.165) is 43.4 Å². The van der Waals surface area contributed by atoms with E-state index in [2.05, 4.69) is 73.2 Å². The lowest BCUT2D eigenvalue weighted by atomic mass is 10.1. The van der Waals surface area contributed by atoms with E-state index in [1.165, 1.54) is 18.6 Å². The van der Waals surface area contributed by atoms with Crippen molar-refractivity contribution >= 4 is 67.2 Å². The van der Waals surface area contributed by atoms with Gasteiger partial charge in [0.05, 0.1) is 42.1 Å². The molecule has 4 rings (SSSR count). The Balaban J connectivity index is 1.65. The Bertz CT molecular complexity index is 1670. The highest BCUT2D eigenvalue weighted by atomic mass is 35.5. The second-order valence-electron chi connectivity index (χ2n) is 10.0. The van der Waals surface area contributed by atoms with Crippen LogP contribution in [0, 0.1) is 0 Å². The smallest absolute Gasteiger partial charge is 0.229 e. The molecular formula is C28H36ClN9O3S. The maximum Gasteiger partial charge on any atom is 0.229 e. The molecule has 2 heterocycles. The van der Waals surface area contributed by atoms with Crippen molar-refractivity contribution in [1.82, 2.24) is 24.8 Å². The van der Waals surface area contributed by atoms with Crippen LogP contribution < -0.4 is 25.0 Å². The Labute approximate surface area is 251 Å². The number of aromatic nitrogens is 4. The molecule has 0 fully saturated rings. The van der Waals surface area contributed by atoms with Gasteiger partial charge in [-0.05, 0) is 57.2 Å². The van der Waals surface area contributed by atoms with Gasteiger partial charge in [0.1, 0.15) is 16.3 Å². The van der Waals surface area contributed by atoms with Crippen molar-refractivity contribution in [3.63, 3.8) is 0 Å². The Kier molecular flexibility index (Phi) is 9.86. The summed E-state index contributed by atoms with van der Waals surface area (Å²) >= 11 is 6.46. The number of anilines is 6. The zero-order valence-corrected chi connectivity index (χ0v) is 26.1. The number of fused-ring (bicyclic) bond motifs is 1. The number of sulfonamides is 1. The lowest BCUT2D eigenvalue weighted by Gasteiger charge is -2.25. The molecule has 0 unspecified atom stereocenters. The Morgan fingerprint density at radius 2 is 1.76 bits per heavy atom. The zero-order valence-electron chi connectivity index (χ0n) is 24.6. The molecule has 224 valence electrons. The second kappa shape index (κ2) is 13.4. The Morgan fingerprint density at radius 1 is 1.00 bits per heavy atom. The minimum atomic E-state index is -3.63. The third-order valence-corrected chi connectivity index (χ3v) is 7.31. The number of nitrogens with zero attached hydrogens (tertiary/aromatic N) is 6. The summed E-state index contributed by atoms with van der Waals surface area (Å²) in [5.74, 6) is 1.18. The summed E-state index contributed by atoms with van der Waals surface area (Å²) in [7, 11) is 4.22. The van der Waals surface area contributed by atoms with Gasteiger partial charge >= 0.3 is 0 Å². The van der Waals surface area contributed by atoms with Crippen molar-refractivity contribution in [2.75, 3.05) is 67.9 Å². The zero-order chi connectivity index (χ0) is 30.4. The van der Waals surface area contributed by atoms with Gasteiger partial charge in [-0.15, -0.1) is 0 Å². The summed E-state index contributed by atoms with van der Waals surface area (Å²) in [6, 6.07) is 7.46. The standard InChI is InChI=1S/C28H36ClN9O3S/c1-7-18-15-22(24(41-5)16-23(18)38(4)14-8-13-37(2)3)34-28-32-17-19(29)27(35-28)33-21-10-9-20-25(31-12-11-30-20)26(21)36-42(6,39)40/h9-12,15-17,36H,7-8,13-14H2,1-6H3,(H2,32,33,34,35). The lowest BCUT2D eigenvalue weighted by Crippen LogP contribution is -2.24. The molecule has 0 spiro atoms. The molecule has 14 heteroatoms. The Hall–Kier alpha value is -3.94. The van der Waals surface area contributed by atoms with Gasteiger partial charge in [-0.1, -0.05) is 18.5 Å². The van der Waals surface area contributed by atoms with Gasteiger partial charge in [0, 0.05) is 37.7 Å². The molecule has 4 aromatic rings. The molecule has 0 radical (unpaired) electrons. The van der Waals surface area contributed by atoms with E-state index < -0.39 is 10.0 Å². The fourth-order valence-electron chi connectivity index (χ4n) is 4.46. The van der Waals surface area contributed by atoms with Gasteiger partial charge < -0.3 is 25.2 Å². The molecule has 0 atom stereocenters. The second-order valence-corrected chi connectivity index (χ2v) is 12.2. The van der Waals surface area contributed by atoms with Crippen LogP contribution >= 0.6 is 11.6 Å². The quantitative estimate of drug-likeness (QED) is 0.190. The molecule has 0 saturated heterocycles. The van der Waals surface area contributed by atoms with Gasteiger partial charge in [0.15, 0.2) is 5.82 Å². The normalized spacial score (nSPS) is 11.5. The minimum Gasteiger partial charge on any atom is -0.494 e. The van der Waals surface area contributed by atoms with Crippen LogP contribution in [0.2, 0.25) is 5.02 Å². The van der Waals surface area contributed by atoms with Gasteiger partial charge in [-0.3, -0.25) is 14.7 Å². The highest BCUT2D eigenvalue weighted by Gasteiger charge is 2.18. The first kappa shape index (κ1) is 31.0.